The second-order valence-electron chi connectivity index (χ2n) is 5.66. The first-order valence-electron chi connectivity index (χ1n) is 7.35. The van der Waals surface area contributed by atoms with E-state index in [1.807, 2.05) is 30.3 Å². The highest BCUT2D eigenvalue weighted by molar-refractivity contribution is 5.16. The molecule has 0 spiro atoms. The summed E-state index contributed by atoms with van der Waals surface area (Å²) >= 11 is 0. The zero-order valence-corrected chi connectivity index (χ0v) is 12.3. The first-order chi connectivity index (χ1) is 10.2. The quantitative estimate of drug-likeness (QED) is 0.920. The Morgan fingerprint density at radius 2 is 2.00 bits per heavy atom. The molecule has 1 aromatic rings. The van der Waals surface area contributed by atoms with Crippen molar-refractivity contribution in [1.82, 2.24) is 0 Å². The first kappa shape index (κ1) is 14.9. The van der Waals surface area contributed by atoms with Crippen molar-refractivity contribution in [1.29, 1.82) is 0 Å². The lowest BCUT2D eigenvalue weighted by Crippen LogP contribution is -2.56. The van der Waals surface area contributed by atoms with Crippen molar-refractivity contribution in [3.05, 3.63) is 35.9 Å². The van der Waals surface area contributed by atoms with Gasteiger partial charge in [0.15, 0.2) is 12.6 Å². The molecule has 0 aromatic heterocycles. The molecule has 1 unspecified atom stereocenters. The standard InChI is InChI=1S/C16H22O5/c1-10-12(8-17)16(18-2)20-13-9-19-15(21-14(10)13)11-6-4-3-5-7-11/h3-7,10,12-17H,8-9H2,1-2H3/t10-,12?,13-,14+,15-,16+/m1/s1. The van der Waals surface area contributed by atoms with Crippen molar-refractivity contribution < 1.29 is 24.1 Å². The molecule has 2 aliphatic heterocycles. The van der Waals surface area contributed by atoms with Gasteiger partial charge in [-0.2, -0.15) is 0 Å². The van der Waals surface area contributed by atoms with Gasteiger partial charge in [-0.3, -0.25) is 0 Å². The van der Waals surface area contributed by atoms with Crippen molar-refractivity contribution in [3.63, 3.8) is 0 Å². The van der Waals surface area contributed by atoms with Crippen molar-refractivity contribution in [2.24, 2.45) is 11.8 Å². The average Bonchev–Trinajstić information content (AvgIpc) is 2.55. The zero-order valence-electron chi connectivity index (χ0n) is 12.3. The summed E-state index contributed by atoms with van der Waals surface area (Å²) in [7, 11) is 1.59. The number of hydrogen-bond acceptors (Lipinski definition) is 5. The fourth-order valence-electron chi connectivity index (χ4n) is 3.16. The van der Waals surface area contributed by atoms with Gasteiger partial charge in [0.25, 0.3) is 0 Å². The summed E-state index contributed by atoms with van der Waals surface area (Å²) in [6, 6.07) is 9.87. The van der Waals surface area contributed by atoms with E-state index in [9.17, 15) is 5.11 Å². The highest BCUT2D eigenvalue weighted by Crippen LogP contribution is 2.39. The molecule has 3 rings (SSSR count). The third-order valence-corrected chi connectivity index (χ3v) is 4.43. The van der Waals surface area contributed by atoms with Crippen LogP contribution in [0.2, 0.25) is 0 Å². The van der Waals surface area contributed by atoms with Gasteiger partial charge in [-0.05, 0) is 5.92 Å². The molecule has 6 atom stereocenters. The lowest BCUT2D eigenvalue weighted by atomic mass is 9.83. The van der Waals surface area contributed by atoms with E-state index in [0.717, 1.165) is 5.56 Å². The Kier molecular flexibility index (Phi) is 4.57. The number of aliphatic hydroxyl groups is 1. The summed E-state index contributed by atoms with van der Waals surface area (Å²) in [5.41, 5.74) is 0.998. The fraction of sp³-hybridized carbons (Fsp3) is 0.625. The largest absolute Gasteiger partial charge is 0.396 e. The molecule has 0 amide bonds. The van der Waals surface area contributed by atoms with Gasteiger partial charge in [0.2, 0.25) is 0 Å². The molecule has 0 aliphatic carbocycles. The van der Waals surface area contributed by atoms with Crippen molar-refractivity contribution in [2.45, 2.75) is 31.7 Å². The number of fused-ring (bicyclic) bond motifs is 1. The van der Waals surface area contributed by atoms with Crippen LogP contribution in [-0.4, -0.2) is 43.9 Å². The molecule has 2 fully saturated rings. The van der Waals surface area contributed by atoms with Crippen LogP contribution in [-0.2, 0) is 18.9 Å². The molecule has 0 saturated carbocycles. The molecule has 1 N–H and O–H groups in total. The summed E-state index contributed by atoms with van der Waals surface area (Å²) < 4.78 is 23.1. The molecule has 116 valence electrons. The van der Waals surface area contributed by atoms with Crippen LogP contribution in [0.15, 0.2) is 30.3 Å². The van der Waals surface area contributed by atoms with Gasteiger partial charge in [0, 0.05) is 18.6 Å². The highest BCUT2D eigenvalue weighted by atomic mass is 16.7. The lowest BCUT2D eigenvalue weighted by molar-refractivity contribution is -0.343. The smallest absolute Gasteiger partial charge is 0.184 e. The topological polar surface area (TPSA) is 57.2 Å². The van der Waals surface area contributed by atoms with E-state index in [2.05, 4.69) is 6.92 Å². The van der Waals surface area contributed by atoms with Crippen LogP contribution in [0, 0.1) is 11.8 Å². The minimum absolute atomic E-state index is 0.0170. The first-order valence-corrected chi connectivity index (χ1v) is 7.35. The average molecular weight is 294 g/mol. The fourth-order valence-corrected chi connectivity index (χ4v) is 3.16. The van der Waals surface area contributed by atoms with Crippen LogP contribution in [0.1, 0.15) is 18.8 Å². The molecule has 0 bridgehead atoms. The van der Waals surface area contributed by atoms with E-state index in [-0.39, 0.29) is 36.9 Å². The van der Waals surface area contributed by atoms with Gasteiger partial charge in [0.05, 0.1) is 19.3 Å². The molecule has 5 heteroatoms. The van der Waals surface area contributed by atoms with Gasteiger partial charge in [-0.25, -0.2) is 0 Å². The maximum atomic E-state index is 9.59. The van der Waals surface area contributed by atoms with Gasteiger partial charge in [-0.1, -0.05) is 37.3 Å². The molecule has 2 saturated heterocycles. The number of hydrogen-bond donors (Lipinski definition) is 1. The van der Waals surface area contributed by atoms with Crippen LogP contribution in [0.3, 0.4) is 0 Å². The second-order valence-corrected chi connectivity index (χ2v) is 5.66. The van der Waals surface area contributed by atoms with Crippen LogP contribution in [0.25, 0.3) is 0 Å². The molecule has 0 radical (unpaired) electrons. The predicted molar refractivity (Wildman–Crippen MR) is 75.4 cm³/mol. The summed E-state index contributed by atoms with van der Waals surface area (Å²) in [6.07, 6.45) is -1.05. The molecule has 2 aliphatic rings. The predicted octanol–water partition coefficient (Wildman–Crippen LogP) is 1.72. The molecular weight excluding hydrogens is 272 g/mol. The molecule has 2 heterocycles. The summed E-state index contributed by atoms with van der Waals surface area (Å²) in [5, 5.41) is 9.59. The highest BCUT2D eigenvalue weighted by Gasteiger charge is 2.47. The van der Waals surface area contributed by atoms with E-state index in [1.165, 1.54) is 0 Å². The summed E-state index contributed by atoms with van der Waals surface area (Å²) in [5.74, 6) is 0.0413. The second kappa shape index (κ2) is 6.42. The summed E-state index contributed by atoms with van der Waals surface area (Å²) in [6.45, 7) is 2.55. The van der Waals surface area contributed by atoms with Gasteiger partial charge >= 0.3 is 0 Å². The third kappa shape index (κ3) is 2.84. The molecule has 1 aromatic carbocycles. The van der Waals surface area contributed by atoms with Crippen molar-refractivity contribution in [3.8, 4) is 0 Å². The number of rotatable bonds is 3. The molecule has 5 nitrogen and oxygen atoms in total. The van der Waals surface area contributed by atoms with Gasteiger partial charge in [0.1, 0.15) is 6.10 Å². The van der Waals surface area contributed by atoms with Crippen LogP contribution >= 0.6 is 0 Å². The van der Waals surface area contributed by atoms with E-state index >= 15 is 0 Å². The monoisotopic (exact) mass is 294 g/mol. The van der Waals surface area contributed by atoms with Crippen LogP contribution < -0.4 is 0 Å². The minimum atomic E-state index is -0.410. The van der Waals surface area contributed by atoms with E-state index in [4.69, 9.17) is 18.9 Å². The number of benzene rings is 1. The minimum Gasteiger partial charge on any atom is -0.396 e. The van der Waals surface area contributed by atoms with E-state index in [0.29, 0.717) is 6.61 Å². The van der Waals surface area contributed by atoms with Crippen LogP contribution in [0.5, 0.6) is 0 Å². The Morgan fingerprint density at radius 1 is 1.24 bits per heavy atom. The van der Waals surface area contributed by atoms with Crippen molar-refractivity contribution >= 4 is 0 Å². The van der Waals surface area contributed by atoms with Gasteiger partial charge < -0.3 is 24.1 Å². The lowest BCUT2D eigenvalue weighted by Gasteiger charge is -2.48. The maximum absolute atomic E-state index is 9.59. The molecule has 21 heavy (non-hydrogen) atoms. The summed E-state index contributed by atoms with van der Waals surface area (Å²) in [4.78, 5) is 0. The van der Waals surface area contributed by atoms with Crippen LogP contribution in [0.4, 0.5) is 0 Å². The number of ether oxygens (including phenoxy) is 4. The SMILES string of the molecule is CO[C@H]1O[C@@H]2CO[C@@H](c3ccccc3)O[C@H]2[C@H](C)C1CO. The Labute approximate surface area is 124 Å². The third-order valence-electron chi connectivity index (χ3n) is 4.43. The zero-order chi connectivity index (χ0) is 14.8. The Hall–Kier alpha value is -0.980. The Morgan fingerprint density at radius 3 is 2.67 bits per heavy atom. The normalized spacial score (nSPS) is 39.8. The van der Waals surface area contributed by atoms with Gasteiger partial charge in [-0.15, -0.1) is 0 Å². The maximum Gasteiger partial charge on any atom is 0.184 e. The Balaban J connectivity index is 1.75. The van der Waals surface area contributed by atoms with E-state index < -0.39 is 6.29 Å². The molecular formula is C16H22O5. The van der Waals surface area contributed by atoms with E-state index in [1.54, 1.807) is 7.11 Å². The number of methoxy groups -OCH3 is 1. The number of aliphatic hydroxyl groups excluding tert-OH is 1. The Bertz CT molecular complexity index is 451. The van der Waals surface area contributed by atoms with Crippen molar-refractivity contribution in [2.75, 3.05) is 20.3 Å².